The number of nitro benzene ring substituents is 1. The molecule has 2 N–H and O–H groups in total. The monoisotopic (exact) mass is 338 g/mol. The number of nitrogens with one attached hydrogen (secondary N) is 1. The predicted octanol–water partition coefficient (Wildman–Crippen LogP) is 3.08. The lowest BCUT2D eigenvalue weighted by atomic mass is 9.82. The summed E-state index contributed by atoms with van der Waals surface area (Å²) < 4.78 is 0. The number of halogens is 1. The van der Waals surface area contributed by atoms with E-state index in [1.807, 2.05) is 0 Å². The number of benzene rings is 1. The second-order valence-electron chi connectivity index (χ2n) is 5.39. The van der Waals surface area contributed by atoms with Crippen LogP contribution in [-0.2, 0) is 9.59 Å². The molecule has 2 unspecified atom stereocenters. The Kier molecular flexibility index (Phi) is 5.00. The molecule has 0 saturated carbocycles. The standard InChI is InChI=1S/C15H15ClN2O5/c1-8-2-4-10(18(22)23)7-13(8)17-14(19)12-6-9(16)3-5-11(12)15(20)21/h2-4,7,11-12H,5-6H2,1H3,(H,17,19)(H,20,21). The molecule has 23 heavy (non-hydrogen) atoms. The molecular formula is C15H15ClN2O5. The molecule has 1 aliphatic rings. The molecule has 122 valence electrons. The minimum Gasteiger partial charge on any atom is -0.481 e. The van der Waals surface area contributed by atoms with Crippen molar-refractivity contribution in [2.24, 2.45) is 11.8 Å². The normalized spacial score (nSPS) is 20.5. The highest BCUT2D eigenvalue weighted by molar-refractivity contribution is 6.29. The molecule has 2 atom stereocenters. The van der Waals surface area contributed by atoms with Crippen molar-refractivity contribution < 1.29 is 19.6 Å². The quantitative estimate of drug-likeness (QED) is 0.647. The van der Waals surface area contributed by atoms with E-state index < -0.39 is 28.6 Å². The second-order valence-corrected chi connectivity index (χ2v) is 5.87. The maximum Gasteiger partial charge on any atom is 0.307 e. The van der Waals surface area contributed by atoms with Crippen molar-refractivity contribution in [3.8, 4) is 0 Å². The molecule has 0 fully saturated rings. The molecule has 1 aromatic rings. The number of carboxylic acids is 1. The zero-order chi connectivity index (χ0) is 17.1. The van der Waals surface area contributed by atoms with E-state index >= 15 is 0 Å². The van der Waals surface area contributed by atoms with E-state index in [0.717, 1.165) is 0 Å². The van der Waals surface area contributed by atoms with Crippen molar-refractivity contribution in [1.29, 1.82) is 0 Å². The van der Waals surface area contributed by atoms with Crippen LogP contribution in [0.5, 0.6) is 0 Å². The molecule has 0 spiro atoms. The average molecular weight is 339 g/mol. The number of hydrogen-bond acceptors (Lipinski definition) is 4. The summed E-state index contributed by atoms with van der Waals surface area (Å²) in [4.78, 5) is 34.0. The molecule has 7 nitrogen and oxygen atoms in total. The maximum absolute atomic E-state index is 12.4. The van der Waals surface area contributed by atoms with Crippen LogP contribution in [0.3, 0.4) is 0 Å². The fourth-order valence-corrected chi connectivity index (χ4v) is 2.74. The Morgan fingerprint density at radius 1 is 1.39 bits per heavy atom. The summed E-state index contributed by atoms with van der Waals surface area (Å²) in [5.41, 5.74) is 0.787. The summed E-state index contributed by atoms with van der Waals surface area (Å²) in [6.07, 6.45) is 1.92. The van der Waals surface area contributed by atoms with Gasteiger partial charge in [0.1, 0.15) is 0 Å². The Hall–Kier alpha value is -2.41. The Labute approximate surface area is 137 Å². The molecule has 0 radical (unpaired) electrons. The number of carbonyl (C=O) groups excluding carboxylic acids is 1. The predicted molar refractivity (Wildman–Crippen MR) is 84.2 cm³/mol. The number of aliphatic carboxylic acids is 1. The molecule has 1 aromatic carbocycles. The number of aryl methyl sites for hydroxylation is 1. The first-order chi connectivity index (χ1) is 10.8. The fourth-order valence-electron chi connectivity index (χ4n) is 2.49. The maximum atomic E-state index is 12.4. The molecule has 1 amide bonds. The van der Waals surface area contributed by atoms with Crippen molar-refractivity contribution in [2.45, 2.75) is 19.8 Å². The summed E-state index contributed by atoms with van der Waals surface area (Å²) in [6, 6.07) is 4.12. The minimum atomic E-state index is -1.07. The van der Waals surface area contributed by atoms with Gasteiger partial charge in [-0.3, -0.25) is 19.7 Å². The number of allylic oxidation sites excluding steroid dienone is 2. The molecule has 0 bridgehead atoms. The van der Waals surface area contributed by atoms with Gasteiger partial charge in [-0.2, -0.15) is 0 Å². The highest BCUT2D eigenvalue weighted by atomic mass is 35.5. The largest absolute Gasteiger partial charge is 0.481 e. The summed E-state index contributed by atoms with van der Waals surface area (Å²) in [5, 5.41) is 23.1. The van der Waals surface area contributed by atoms with Crippen molar-refractivity contribution >= 4 is 34.9 Å². The van der Waals surface area contributed by atoms with Gasteiger partial charge in [0, 0.05) is 17.2 Å². The zero-order valence-corrected chi connectivity index (χ0v) is 13.0. The molecule has 0 aromatic heterocycles. The number of nitrogens with zero attached hydrogens (tertiary/aromatic N) is 1. The van der Waals surface area contributed by atoms with E-state index in [1.54, 1.807) is 13.0 Å². The van der Waals surface area contributed by atoms with Crippen LogP contribution >= 0.6 is 11.6 Å². The molecule has 1 aliphatic carbocycles. The van der Waals surface area contributed by atoms with Gasteiger partial charge in [-0.05, 0) is 25.3 Å². The summed E-state index contributed by atoms with van der Waals surface area (Å²) >= 11 is 5.93. The van der Waals surface area contributed by atoms with Crippen molar-refractivity contribution in [3.63, 3.8) is 0 Å². The second kappa shape index (κ2) is 6.78. The number of non-ortho nitro benzene ring substituents is 1. The van der Waals surface area contributed by atoms with Gasteiger partial charge in [-0.25, -0.2) is 0 Å². The lowest BCUT2D eigenvalue weighted by Gasteiger charge is -2.26. The van der Waals surface area contributed by atoms with E-state index in [9.17, 15) is 24.8 Å². The van der Waals surface area contributed by atoms with Gasteiger partial charge >= 0.3 is 5.97 Å². The van der Waals surface area contributed by atoms with E-state index in [2.05, 4.69) is 5.32 Å². The average Bonchev–Trinajstić information content (AvgIpc) is 2.48. The Bertz CT molecular complexity index is 701. The van der Waals surface area contributed by atoms with E-state index in [1.165, 1.54) is 18.2 Å². The van der Waals surface area contributed by atoms with Crippen molar-refractivity contribution in [3.05, 3.63) is 45.0 Å². The van der Waals surface area contributed by atoms with Crippen LogP contribution in [-0.4, -0.2) is 21.9 Å². The van der Waals surface area contributed by atoms with Crippen molar-refractivity contribution in [2.75, 3.05) is 5.32 Å². The van der Waals surface area contributed by atoms with Crippen molar-refractivity contribution in [1.82, 2.24) is 0 Å². The number of carboxylic acid groups (broad SMARTS) is 1. The van der Waals surface area contributed by atoms with Crippen LogP contribution in [0.2, 0.25) is 0 Å². The van der Waals surface area contributed by atoms with Crippen LogP contribution in [0.25, 0.3) is 0 Å². The highest BCUT2D eigenvalue weighted by Gasteiger charge is 2.36. The van der Waals surface area contributed by atoms with Crippen LogP contribution in [0.4, 0.5) is 11.4 Å². The van der Waals surface area contributed by atoms with Crippen LogP contribution in [0.1, 0.15) is 18.4 Å². The number of nitro groups is 1. The molecule has 0 heterocycles. The summed E-state index contributed by atoms with van der Waals surface area (Å²) in [7, 11) is 0. The van der Waals surface area contributed by atoms with Gasteiger partial charge in [-0.1, -0.05) is 23.7 Å². The number of hydrogen-bond donors (Lipinski definition) is 2. The van der Waals surface area contributed by atoms with Gasteiger partial charge < -0.3 is 10.4 Å². The van der Waals surface area contributed by atoms with Crippen LogP contribution in [0, 0.1) is 28.9 Å². The summed E-state index contributed by atoms with van der Waals surface area (Å²) in [6.45, 7) is 1.70. The third-order valence-corrected chi connectivity index (χ3v) is 4.15. The molecular weight excluding hydrogens is 324 g/mol. The smallest absolute Gasteiger partial charge is 0.307 e. The molecule has 0 saturated heterocycles. The topological polar surface area (TPSA) is 110 Å². The summed E-state index contributed by atoms with van der Waals surface area (Å²) in [5.74, 6) is -3.26. The minimum absolute atomic E-state index is 0.137. The van der Waals surface area contributed by atoms with Crippen LogP contribution < -0.4 is 5.32 Å². The zero-order valence-electron chi connectivity index (χ0n) is 12.3. The van der Waals surface area contributed by atoms with E-state index in [-0.39, 0.29) is 18.5 Å². The lowest BCUT2D eigenvalue weighted by molar-refractivity contribution is -0.384. The Balaban J connectivity index is 2.24. The fraction of sp³-hybridized carbons (Fsp3) is 0.333. The highest BCUT2D eigenvalue weighted by Crippen LogP contribution is 2.33. The first kappa shape index (κ1) is 17.0. The van der Waals surface area contributed by atoms with Gasteiger partial charge in [-0.15, -0.1) is 0 Å². The molecule has 2 rings (SSSR count). The SMILES string of the molecule is Cc1ccc([N+](=O)[O-])cc1NC(=O)C1CC(Cl)=CCC1C(=O)O. The molecule has 8 heteroatoms. The first-order valence-corrected chi connectivity index (χ1v) is 7.30. The van der Waals surface area contributed by atoms with E-state index in [4.69, 9.17) is 11.6 Å². The van der Waals surface area contributed by atoms with Gasteiger partial charge in [0.05, 0.1) is 22.4 Å². The Morgan fingerprint density at radius 2 is 2.09 bits per heavy atom. The Morgan fingerprint density at radius 3 is 2.70 bits per heavy atom. The number of amides is 1. The first-order valence-electron chi connectivity index (χ1n) is 6.93. The van der Waals surface area contributed by atoms with Gasteiger partial charge in [0.2, 0.25) is 5.91 Å². The third kappa shape index (κ3) is 3.87. The van der Waals surface area contributed by atoms with Crippen LogP contribution in [0.15, 0.2) is 29.3 Å². The number of rotatable bonds is 4. The van der Waals surface area contributed by atoms with Gasteiger partial charge in [0.15, 0.2) is 0 Å². The number of carbonyl (C=O) groups is 2. The number of anilines is 1. The van der Waals surface area contributed by atoms with Gasteiger partial charge in [0.25, 0.3) is 5.69 Å². The third-order valence-electron chi connectivity index (χ3n) is 3.84. The lowest BCUT2D eigenvalue weighted by Crippen LogP contribution is -2.35. The van der Waals surface area contributed by atoms with E-state index in [0.29, 0.717) is 16.3 Å². The molecule has 0 aliphatic heterocycles.